The van der Waals surface area contributed by atoms with Gasteiger partial charge in [0.25, 0.3) is 0 Å². The van der Waals surface area contributed by atoms with Gasteiger partial charge in [0.2, 0.25) is 0 Å². The zero-order chi connectivity index (χ0) is 11.1. The molecule has 15 heavy (non-hydrogen) atoms. The lowest BCUT2D eigenvalue weighted by Gasteiger charge is -2.06. The first-order valence-electron chi connectivity index (χ1n) is 5.16. The summed E-state index contributed by atoms with van der Waals surface area (Å²) in [4.78, 5) is 0. The van der Waals surface area contributed by atoms with Crippen molar-refractivity contribution in [2.45, 2.75) is 32.9 Å². The molecule has 0 amide bonds. The van der Waals surface area contributed by atoms with Gasteiger partial charge in [-0.15, -0.1) is 0 Å². The average molecular weight is 211 g/mol. The highest BCUT2D eigenvalue weighted by Gasteiger charge is 2.44. The maximum atomic E-state index is 12.9. The van der Waals surface area contributed by atoms with Gasteiger partial charge in [-0.3, -0.25) is 0 Å². The number of halogens is 2. The van der Waals surface area contributed by atoms with Crippen LogP contribution in [0, 0.1) is 17.0 Å². The SMILES string of the molecule is CC1(C)CC1NCc1ccc(F)c(F)c1. The maximum absolute atomic E-state index is 12.9. The summed E-state index contributed by atoms with van der Waals surface area (Å²) in [6.07, 6.45) is 1.15. The smallest absolute Gasteiger partial charge is 0.159 e. The molecule has 82 valence electrons. The third-order valence-electron chi connectivity index (χ3n) is 3.05. The third kappa shape index (κ3) is 2.34. The molecule has 1 aromatic carbocycles. The van der Waals surface area contributed by atoms with E-state index in [-0.39, 0.29) is 0 Å². The zero-order valence-corrected chi connectivity index (χ0v) is 8.98. The van der Waals surface area contributed by atoms with E-state index in [2.05, 4.69) is 19.2 Å². The van der Waals surface area contributed by atoms with Crippen molar-refractivity contribution in [1.29, 1.82) is 0 Å². The normalized spacial score (nSPS) is 22.8. The van der Waals surface area contributed by atoms with Crippen LogP contribution in [0.15, 0.2) is 18.2 Å². The van der Waals surface area contributed by atoms with Gasteiger partial charge in [-0.25, -0.2) is 8.78 Å². The molecule has 1 N–H and O–H groups in total. The van der Waals surface area contributed by atoms with Crippen LogP contribution >= 0.6 is 0 Å². The molecule has 0 spiro atoms. The van der Waals surface area contributed by atoms with Crippen molar-refractivity contribution >= 4 is 0 Å². The first kappa shape index (κ1) is 10.6. The minimum absolute atomic E-state index is 0.360. The molecule has 0 aromatic heterocycles. The molecule has 1 fully saturated rings. The number of benzene rings is 1. The lowest BCUT2D eigenvalue weighted by molar-refractivity contribution is 0.503. The van der Waals surface area contributed by atoms with Gasteiger partial charge in [-0.05, 0) is 29.5 Å². The van der Waals surface area contributed by atoms with Crippen molar-refractivity contribution in [3.8, 4) is 0 Å². The van der Waals surface area contributed by atoms with Crippen LogP contribution < -0.4 is 5.32 Å². The fraction of sp³-hybridized carbons (Fsp3) is 0.500. The quantitative estimate of drug-likeness (QED) is 0.810. The second kappa shape index (κ2) is 3.56. The Labute approximate surface area is 88.5 Å². The average Bonchev–Trinajstić information content (AvgIpc) is 2.77. The molecule has 1 atom stereocenters. The lowest BCUT2D eigenvalue weighted by Crippen LogP contribution is -2.20. The van der Waals surface area contributed by atoms with E-state index in [1.54, 1.807) is 6.07 Å². The summed E-state index contributed by atoms with van der Waals surface area (Å²) < 4.78 is 25.5. The van der Waals surface area contributed by atoms with Crippen molar-refractivity contribution in [3.05, 3.63) is 35.4 Å². The molecule has 0 heterocycles. The predicted octanol–water partition coefficient (Wildman–Crippen LogP) is 2.85. The van der Waals surface area contributed by atoms with Crippen molar-refractivity contribution in [1.82, 2.24) is 5.32 Å². The molecule has 1 aliphatic rings. The molecule has 2 rings (SSSR count). The highest BCUT2D eigenvalue weighted by molar-refractivity contribution is 5.18. The van der Waals surface area contributed by atoms with Gasteiger partial charge in [0.1, 0.15) is 0 Å². The summed E-state index contributed by atoms with van der Waals surface area (Å²) in [7, 11) is 0. The highest BCUT2D eigenvalue weighted by Crippen LogP contribution is 2.44. The van der Waals surface area contributed by atoms with E-state index in [9.17, 15) is 8.78 Å². The van der Waals surface area contributed by atoms with E-state index in [4.69, 9.17) is 0 Å². The fourth-order valence-electron chi connectivity index (χ4n) is 1.71. The molecule has 0 bridgehead atoms. The van der Waals surface area contributed by atoms with Crippen LogP contribution in [0.25, 0.3) is 0 Å². The molecule has 0 radical (unpaired) electrons. The molecule has 1 unspecified atom stereocenters. The van der Waals surface area contributed by atoms with Gasteiger partial charge in [-0.2, -0.15) is 0 Å². The Bertz CT molecular complexity index is 374. The first-order valence-corrected chi connectivity index (χ1v) is 5.16. The second-order valence-electron chi connectivity index (χ2n) is 4.87. The lowest BCUT2D eigenvalue weighted by atomic mass is 10.1. The Hall–Kier alpha value is -0.960. The van der Waals surface area contributed by atoms with Gasteiger partial charge in [0, 0.05) is 12.6 Å². The molecule has 0 aliphatic heterocycles. The van der Waals surface area contributed by atoms with Crippen LogP contribution in [-0.4, -0.2) is 6.04 Å². The summed E-state index contributed by atoms with van der Waals surface area (Å²) in [5.74, 6) is -1.56. The van der Waals surface area contributed by atoms with E-state index in [1.807, 2.05) is 0 Å². The Balaban J connectivity index is 1.92. The Morgan fingerprint density at radius 1 is 1.33 bits per heavy atom. The number of rotatable bonds is 3. The minimum Gasteiger partial charge on any atom is -0.309 e. The van der Waals surface area contributed by atoms with E-state index in [0.717, 1.165) is 12.0 Å². The largest absolute Gasteiger partial charge is 0.309 e. The van der Waals surface area contributed by atoms with Crippen LogP contribution in [0.5, 0.6) is 0 Å². The summed E-state index contributed by atoms with van der Waals surface area (Å²) in [5, 5.41) is 3.32. The molecule has 1 aromatic rings. The van der Waals surface area contributed by atoms with E-state index >= 15 is 0 Å². The molecular weight excluding hydrogens is 196 g/mol. The molecular formula is C12H15F2N. The first-order chi connectivity index (χ1) is 6.99. The van der Waals surface area contributed by atoms with Crippen molar-refractivity contribution in [2.24, 2.45) is 5.41 Å². The van der Waals surface area contributed by atoms with Gasteiger partial charge >= 0.3 is 0 Å². The van der Waals surface area contributed by atoms with Gasteiger partial charge in [0.15, 0.2) is 11.6 Å². The van der Waals surface area contributed by atoms with Crippen LogP contribution in [0.3, 0.4) is 0 Å². The van der Waals surface area contributed by atoms with E-state index < -0.39 is 11.6 Å². The second-order valence-corrected chi connectivity index (χ2v) is 4.87. The van der Waals surface area contributed by atoms with Crippen molar-refractivity contribution < 1.29 is 8.78 Å². The highest BCUT2D eigenvalue weighted by atomic mass is 19.2. The number of nitrogens with one attached hydrogen (secondary N) is 1. The molecule has 0 saturated heterocycles. The molecule has 3 heteroatoms. The predicted molar refractivity (Wildman–Crippen MR) is 55.4 cm³/mol. The van der Waals surface area contributed by atoms with Crippen molar-refractivity contribution in [3.63, 3.8) is 0 Å². The summed E-state index contributed by atoms with van der Waals surface area (Å²) in [5.41, 5.74) is 1.15. The Morgan fingerprint density at radius 3 is 2.53 bits per heavy atom. The summed E-state index contributed by atoms with van der Waals surface area (Å²) in [6.45, 7) is 4.98. The van der Waals surface area contributed by atoms with Crippen LogP contribution in [0.1, 0.15) is 25.8 Å². The van der Waals surface area contributed by atoms with E-state index in [1.165, 1.54) is 12.1 Å². The maximum Gasteiger partial charge on any atom is 0.159 e. The van der Waals surface area contributed by atoms with Crippen LogP contribution in [0.4, 0.5) is 8.78 Å². The van der Waals surface area contributed by atoms with Gasteiger partial charge in [-0.1, -0.05) is 19.9 Å². The minimum atomic E-state index is -0.787. The fourth-order valence-corrected chi connectivity index (χ4v) is 1.71. The molecule has 1 aliphatic carbocycles. The number of hydrogen-bond acceptors (Lipinski definition) is 1. The van der Waals surface area contributed by atoms with Crippen LogP contribution in [-0.2, 0) is 6.54 Å². The summed E-state index contributed by atoms with van der Waals surface area (Å²) in [6, 6.07) is 4.54. The number of hydrogen-bond donors (Lipinski definition) is 1. The Kier molecular flexibility index (Phi) is 2.51. The van der Waals surface area contributed by atoms with Crippen molar-refractivity contribution in [2.75, 3.05) is 0 Å². The monoisotopic (exact) mass is 211 g/mol. The third-order valence-corrected chi connectivity index (χ3v) is 3.05. The van der Waals surface area contributed by atoms with E-state index in [0.29, 0.717) is 18.0 Å². The molecule has 1 saturated carbocycles. The van der Waals surface area contributed by atoms with Crippen LogP contribution in [0.2, 0.25) is 0 Å². The molecule has 1 nitrogen and oxygen atoms in total. The topological polar surface area (TPSA) is 12.0 Å². The zero-order valence-electron chi connectivity index (χ0n) is 8.98. The standard InChI is InChI=1S/C12H15F2N/c1-12(2)6-11(12)15-7-8-3-4-9(13)10(14)5-8/h3-5,11,15H,6-7H2,1-2H3. The Morgan fingerprint density at radius 2 is 2.00 bits per heavy atom. The summed E-state index contributed by atoms with van der Waals surface area (Å²) >= 11 is 0. The van der Waals surface area contributed by atoms with Gasteiger partial charge < -0.3 is 5.32 Å². The van der Waals surface area contributed by atoms with Gasteiger partial charge in [0.05, 0.1) is 0 Å².